The molecule has 2 aromatic rings. The Hall–Kier alpha value is -2.86. The van der Waals surface area contributed by atoms with Gasteiger partial charge in [0.05, 0.1) is 12.6 Å². The highest BCUT2D eigenvalue weighted by molar-refractivity contribution is 5.86. The van der Waals surface area contributed by atoms with E-state index in [0.717, 1.165) is 28.7 Å². The summed E-state index contributed by atoms with van der Waals surface area (Å²) in [5, 5.41) is 13.0. The number of ether oxygens (including phenoxy) is 1. The molecule has 1 saturated heterocycles. The molecule has 2 N–H and O–H groups in total. The van der Waals surface area contributed by atoms with Crippen LogP contribution in [-0.4, -0.2) is 53.8 Å². The molecule has 1 aliphatic carbocycles. The van der Waals surface area contributed by atoms with Gasteiger partial charge >= 0.3 is 6.09 Å². The first-order chi connectivity index (χ1) is 15.0. The Morgan fingerprint density at radius 2 is 1.71 bits per heavy atom. The number of hydrogen-bond acceptors (Lipinski definition) is 4. The number of amides is 2. The lowest BCUT2D eigenvalue weighted by atomic mass is 9.98. The summed E-state index contributed by atoms with van der Waals surface area (Å²) in [4.78, 5) is 26.8. The quantitative estimate of drug-likeness (QED) is 0.746. The molecule has 2 atom stereocenters. The highest BCUT2D eigenvalue weighted by Crippen LogP contribution is 2.44. The number of aliphatic hydroxyl groups is 1. The van der Waals surface area contributed by atoms with Crippen LogP contribution in [0.4, 0.5) is 4.79 Å². The monoisotopic (exact) mass is 422 g/mol. The number of nitrogens with one attached hydrogen (secondary N) is 1. The Bertz CT molecular complexity index is 913. The van der Waals surface area contributed by atoms with E-state index in [1.165, 1.54) is 4.90 Å². The van der Waals surface area contributed by atoms with Gasteiger partial charge in [-0.1, -0.05) is 62.4 Å². The van der Waals surface area contributed by atoms with Crippen molar-refractivity contribution >= 4 is 12.0 Å². The molecule has 1 heterocycles. The van der Waals surface area contributed by atoms with Gasteiger partial charge in [0.2, 0.25) is 5.91 Å². The Kier molecular flexibility index (Phi) is 6.28. The molecule has 6 nitrogen and oxygen atoms in total. The van der Waals surface area contributed by atoms with Gasteiger partial charge in [-0.2, -0.15) is 0 Å². The second kappa shape index (κ2) is 9.10. The predicted molar refractivity (Wildman–Crippen MR) is 119 cm³/mol. The fourth-order valence-corrected chi connectivity index (χ4v) is 4.54. The van der Waals surface area contributed by atoms with E-state index in [-0.39, 0.29) is 31.4 Å². The second-order valence-electron chi connectivity index (χ2n) is 8.84. The van der Waals surface area contributed by atoms with E-state index in [4.69, 9.17) is 4.74 Å². The molecule has 2 amide bonds. The average molecular weight is 423 g/mol. The van der Waals surface area contributed by atoms with E-state index in [0.29, 0.717) is 12.5 Å². The molecule has 0 saturated carbocycles. The molecule has 31 heavy (non-hydrogen) atoms. The van der Waals surface area contributed by atoms with E-state index < -0.39 is 18.2 Å². The highest BCUT2D eigenvalue weighted by atomic mass is 16.6. The minimum absolute atomic E-state index is 0.0396. The molecule has 6 heteroatoms. The van der Waals surface area contributed by atoms with Crippen LogP contribution in [0, 0.1) is 5.92 Å². The first kappa shape index (κ1) is 21.4. The Balaban J connectivity index is 1.43. The van der Waals surface area contributed by atoms with Crippen molar-refractivity contribution in [2.75, 3.05) is 19.7 Å². The van der Waals surface area contributed by atoms with Crippen molar-refractivity contribution < 1.29 is 19.4 Å². The lowest BCUT2D eigenvalue weighted by Gasteiger charge is -2.24. The van der Waals surface area contributed by atoms with Crippen molar-refractivity contribution in [3.63, 3.8) is 0 Å². The molecule has 4 rings (SSSR count). The number of rotatable bonds is 6. The zero-order valence-corrected chi connectivity index (χ0v) is 18.1. The highest BCUT2D eigenvalue weighted by Gasteiger charge is 2.40. The van der Waals surface area contributed by atoms with E-state index >= 15 is 0 Å². The second-order valence-corrected chi connectivity index (χ2v) is 8.84. The van der Waals surface area contributed by atoms with Crippen molar-refractivity contribution in [2.45, 2.75) is 44.8 Å². The topological polar surface area (TPSA) is 78.9 Å². The molecule has 0 spiro atoms. The molecule has 0 radical (unpaired) electrons. The molecule has 0 unspecified atom stereocenters. The molecular weight excluding hydrogens is 392 g/mol. The third-order valence-electron chi connectivity index (χ3n) is 6.17. The first-order valence-electron chi connectivity index (χ1n) is 11.0. The Morgan fingerprint density at radius 1 is 1.10 bits per heavy atom. The van der Waals surface area contributed by atoms with Crippen LogP contribution in [0.3, 0.4) is 0 Å². The number of fused-ring (bicyclic) bond motifs is 3. The molecule has 1 fully saturated rings. The van der Waals surface area contributed by atoms with Gasteiger partial charge in [0.1, 0.15) is 12.6 Å². The van der Waals surface area contributed by atoms with Gasteiger partial charge in [-0.15, -0.1) is 0 Å². The average Bonchev–Trinajstić information content (AvgIpc) is 3.30. The summed E-state index contributed by atoms with van der Waals surface area (Å²) < 4.78 is 5.69. The first-order valence-corrected chi connectivity index (χ1v) is 11.0. The summed E-state index contributed by atoms with van der Waals surface area (Å²) in [6.45, 7) is 5.05. The molecule has 2 aromatic carbocycles. The van der Waals surface area contributed by atoms with Crippen LogP contribution >= 0.6 is 0 Å². The maximum atomic E-state index is 12.9. The van der Waals surface area contributed by atoms with Crippen molar-refractivity contribution in [2.24, 2.45) is 5.92 Å². The minimum Gasteiger partial charge on any atom is -0.448 e. The minimum atomic E-state index is -0.721. The van der Waals surface area contributed by atoms with Gasteiger partial charge in [0, 0.05) is 18.9 Å². The zero-order chi connectivity index (χ0) is 22.0. The SMILES string of the molecule is CC(C)CCNC(=O)[C@H]1C[C@H](O)CN1C(=O)OCC1c2ccccc2-c2ccccc21. The van der Waals surface area contributed by atoms with E-state index in [2.05, 4.69) is 43.4 Å². The molecule has 0 bridgehead atoms. The number of carbonyl (C=O) groups excluding carboxylic acids is 2. The van der Waals surface area contributed by atoms with Crippen LogP contribution < -0.4 is 5.32 Å². The summed E-state index contributed by atoms with van der Waals surface area (Å²) in [7, 11) is 0. The lowest BCUT2D eigenvalue weighted by molar-refractivity contribution is -0.125. The van der Waals surface area contributed by atoms with Crippen LogP contribution in [0.1, 0.15) is 43.7 Å². The molecular formula is C25H30N2O4. The third kappa shape index (κ3) is 4.44. The van der Waals surface area contributed by atoms with Gasteiger partial charge in [0.15, 0.2) is 0 Å². The number of nitrogens with zero attached hydrogens (tertiary/aromatic N) is 1. The summed E-state index contributed by atoms with van der Waals surface area (Å²) in [5.41, 5.74) is 4.61. The molecule has 164 valence electrons. The number of benzene rings is 2. The van der Waals surface area contributed by atoms with Gasteiger partial charge in [-0.25, -0.2) is 4.79 Å². The Labute approximate surface area is 183 Å². The van der Waals surface area contributed by atoms with Gasteiger partial charge < -0.3 is 15.2 Å². The summed E-state index contributed by atoms with van der Waals surface area (Å²) in [6, 6.07) is 15.6. The number of carbonyl (C=O) groups is 2. The van der Waals surface area contributed by atoms with Crippen LogP contribution in [0.2, 0.25) is 0 Å². The smallest absolute Gasteiger partial charge is 0.410 e. The maximum absolute atomic E-state index is 12.9. The van der Waals surface area contributed by atoms with Crippen LogP contribution in [0.15, 0.2) is 48.5 Å². The summed E-state index contributed by atoms with van der Waals surface area (Å²) in [5.74, 6) is 0.209. The van der Waals surface area contributed by atoms with Crippen molar-refractivity contribution in [1.29, 1.82) is 0 Å². The van der Waals surface area contributed by atoms with Crippen LogP contribution in [-0.2, 0) is 9.53 Å². The van der Waals surface area contributed by atoms with Crippen molar-refractivity contribution in [3.05, 3.63) is 59.7 Å². The van der Waals surface area contributed by atoms with Crippen molar-refractivity contribution in [1.82, 2.24) is 10.2 Å². The fraction of sp³-hybridized carbons (Fsp3) is 0.440. The van der Waals surface area contributed by atoms with E-state index in [1.54, 1.807) is 0 Å². The van der Waals surface area contributed by atoms with E-state index in [1.807, 2.05) is 24.3 Å². The molecule has 1 aliphatic heterocycles. The zero-order valence-electron chi connectivity index (χ0n) is 18.1. The maximum Gasteiger partial charge on any atom is 0.410 e. The van der Waals surface area contributed by atoms with Gasteiger partial charge in [-0.3, -0.25) is 9.69 Å². The van der Waals surface area contributed by atoms with Gasteiger partial charge in [0.25, 0.3) is 0 Å². The van der Waals surface area contributed by atoms with Crippen LogP contribution in [0.25, 0.3) is 11.1 Å². The van der Waals surface area contributed by atoms with E-state index in [9.17, 15) is 14.7 Å². The summed E-state index contributed by atoms with van der Waals surface area (Å²) in [6.07, 6.45) is -0.173. The lowest BCUT2D eigenvalue weighted by Crippen LogP contribution is -2.46. The Morgan fingerprint density at radius 3 is 2.32 bits per heavy atom. The third-order valence-corrected chi connectivity index (χ3v) is 6.17. The molecule has 0 aromatic heterocycles. The number of hydrogen-bond donors (Lipinski definition) is 2. The van der Waals surface area contributed by atoms with Crippen LogP contribution in [0.5, 0.6) is 0 Å². The number of aliphatic hydroxyl groups excluding tert-OH is 1. The standard InChI is InChI=1S/C25H30N2O4/c1-16(2)11-12-26-24(29)23-13-17(28)14-27(23)25(30)31-15-22-20-9-5-3-7-18(20)19-8-4-6-10-21(19)22/h3-10,16-17,22-23,28H,11-15H2,1-2H3,(H,26,29)/t17-,23+/m0/s1. The fourth-order valence-electron chi connectivity index (χ4n) is 4.54. The number of likely N-dealkylation sites (tertiary alicyclic amines) is 1. The van der Waals surface area contributed by atoms with Crippen molar-refractivity contribution in [3.8, 4) is 11.1 Å². The predicted octanol–water partition coefficient (Wildman–Crippen LogP) is 3.53. The summed E-state index contributed by atoms with van der Waals surface area (Å²) >= 11 is 0. The number of β-amino-alcohol motifs (C(OH)–C–C–N with tert-alkyl or cyclic N) is 1. The molecule has 2 aliphatic rings. The van der Waals surface area contributed by atoms with Gasteiger partial charge in [-0.05, 0) is 34.6 Å². The largest absolute Gasteiger partial charge is 0.448 e. The normalized spacial score (nSPS) is 19.9.